The van der Waals surface area contributed by atoms with Gasteiger partial charge >= 0.3 is 5.97 Å². The quantitative estimate of drug-likeness (QED) is 0.871. The van der Waals surface area contributed by atoms with Gasteiger partial charge in [0.1, 0.15) is 0 Å². The van der Waals surface area contributed by atoms with Gasteiger partial charge in [0.05, 0.1) is 24.5 Å². The van der Waals surface area contributed by atoms with Gasteiger partial charge in [0.25, 0.3) is 0 Å². The van der Waals surface area contributed by atoms with Gasteiger partial charge in [-0.2, -0.15) is 0 Å². The summed E-state index contributed by atoms with van der Waals surface area (Å²) in [5, 5.41) is 8.91. The molecule has 0 bridgehead atoms. The maximum atomic E-state index is 12.2. The number of amides is 1. The molecule has 0 radical (unpaired) electrons. The number of piperidine rings is 1. The van der Waals surface area contributed by atoms with Gasteiger partial charge in [-0.05, 0) is 31.2 Å². The van der Waals surface area contributed by atoms with E-state index in [1.54, 1.807) is 0 Å². The summed E-state index contributed by atoms with van der Waals surface area (Å²) in [5.74, 6) is -1.58. The lowest BCUT2D eigenvalue weighted by molar-refractivity contribution is -0.142. The lowest BCUT2D eigenvalue weighted by Gasteiger charge is -2.32. The van der Waals surface area contributed by atoms with Gasteiger partial charge in [-0.15, -0.1) is 0 Å². The van der Waals surface area contributed by atoms with Gasteiger partial charge < -0.3 is 14.7 Å². The van der Waals surface area contributed by atoms with E-state index in [-0.39, 0.29) is 17.9 Å². The summed E-state index contributed by atoms with van der Waals surface area (Å²) < 4.78 is 5.92. The number of hydrogen-bond acceptors (Lipinski definition) is 3. The lowest BCUT2D eigenvalue weighted by atomic mass is 10.1. The first kappa shape index (κ1) is 16.0. The van der Waals surface area contributed by atoms with Crippen molar-refractivity contribution in [3.8, 4) is 0 Å². The predicted molar refractivity (Wildman–Crippen MR) is 84.9 cm³/mol. The van der Waals surface area contributed by atoms with Gasteiger partial charge in [0, 0.05) is 13.1 Å². The molecule has 0 unspecified atom stereocenters. The number of carbonyl (C=O) groups excluding carboxylic acids is 1. The van der Waals surface area contributed by atoms with Crippen molar-refractivity contribution in [3.63, 3.8) is 0 Å². The Morgan fingerprint density at radius 1 is 1.13 bits per heavy atom. The summed E-state index contributed by atoms with van der Waals surface area (Å²) in [7, 11) is 0. The number of nitrogens with zero attached hydrogens (tertiary/aromatic N) is 1. The van der Waals surface area contributed by atoms with Crippen molar-refractivity contribution >= 4 is 11.9 Å². The van der Waals surface area contributed by atoms with Crippen LogP contribution in [0.2, 0.25) is 0 Å². The Labute approximate surface area is 136 Å². The minimum Gasteiger partial charge on any atom is -0.481 e. The molecular formula is C18H23NO4. The maximum absolute atomic E-state index is 12.2. The number of benzene rings is 1. The largest absolute Gasteiger partial charge is 0.481 e. The van der Waals surface area contributed by atoms with Crippen molar-refractivity contribution in [3.05, 3.63) is 35.9 Å². The molecule has 1 aliphatic carbocycles. The second kappa shape index (κ2) is 7.13. The van der Waals surface area contributed by atoms with Gasteiger partial charge in [-0.25, -0.2) is 0 Å². The molecule has 2 atom stereocenters. The molecule has 2 aliphatic rings. The fourth-order valence-electron chi connectivity index (χ4n) is 3.21. The number of hydrogen-bond donors (Lipinski definition) is 1. The average molecular weight is 317 g/mol. The standard InChI is InChI=1S/C18H23NO4/c20-17(15-12-16(15)18(21)22)19-9-6-14(7-10-19)23-11-8-13-4-2-1-3-5-13/h1-5,14-16H,6-12H2,(H,21,22)/t15-,16+/m0/s1. The third kappa shape index (κ3) is 4.10. The Kier molecular flexibility index (Phi) is 4.96. The van der Waals surface area contributed by atoms with Crippen LogP contribution in [0, 0.1) is 11.8 Å². The monoisotopic (exact) mass is 317 g/mol. The molecule has 5 heteroatoms. The third-order valence-corrected chi connectivity index (χ3v) is 4.77. The normalized spacial score (nSPS) is 24.4. The molecule has 0 aromatic heterocycles. The number of carboxylic acid groups (broad SMARTS) is 1. The predicted octanol–water partition coefficient (Wildman–Crippen LogP) is 1.96. The minimum atomic E-state index is -0.845. The number of rotatable bonds is 6. The highest BCUT2D eigenvalue weighted by Gasteiger charge is 2.50. The smallest absolute Gasteiger partial charge is 0.307 e. The van der Waals surface area contributed by atoms with E-state index in [4.69, 9.17) is 9.84 Å². The van der Waals surface area contributed by atoms with Crippen molar-refractivity contribution in [2.45, 2.75) is 31.8 Å². The first-order valence-corrected chi connectivity index (χ1v) is 8.32. The van der Waals surface area contributed by atoms with Gasteiger partial charge in [0.15, 0.2) is 0 Å². The Hall–Kier alpha value is -1.88. The van der Waals surface area contributed by atoms with E-state index < -0.39 is 11.9 Å². The number of carbonyl (C=O) groups is 2. The molecule has 0 spiro atoms. The van der Waals surface area contributed by atoms with Crippen LogP contribution in [0.25, 0.3) is 0 Å². The van der Waals surface area contributed by atoms with Gasteiger partial charge in [-0.1, -0.05) is 30.3 Å². The van der Waals surface area contributed by atoms with Crippen molar-refractivity contribution < 1.29 is 19.4 Å². The molecule has 1 amide bonds. The summed E-state index contributed by atoms with van der Waals surface area (Å²) in [6.45, 7) is 2.06. The molecule has 1 saturated carbocycles. The summed E-state index contributed by atoms with van der Waals surface area (Å²) in [4.78, 5) is 24.9. The Morgan fingerprint density at radius 2 is 1.83 bits per heavy atom. The van der Waals surface area contributed by atoms with Crippen LogP contribution in [-0.4, -0.2) is 47.7 Å². The first-order valence-electron chi connectivity index (χ1n) is 8.32. The van der Waals surface area contributed by atoms with Gasteiger partial charge in [-0.3, -0.25) is 9.59 Å². The summed E-state index contributed by atoms with van der Waals surface area (Å²) in [6, 6.07) is 10.3. The van der Waals surface area contributed by atoms with Crippen LogP contribution in [0.4, 0.5) is 0 Å². The van der Waals surface area contributed by atoms with Crippen LogP contribution in [0.5, 0.6) is 0 Å². The zero-order valence-electron chi connectivity index (χ0n) is 13.2. The minimum absolute atomic E-state index is 0.0140. The maximum Gasteiger partial charge on any atom is 0.307 e. The molecular weight excluding hydrogens is 294 g/mol. The van der Waals surface area contributed by atoms with Gasteiger partial charge in [0.2, 0.25) is 5.91 Å². The Morgan fingerprint density at radius 3 is 2.43 bits per heavy atom. The summed E-state index contributed by atoms with van der Waals surface area (Å²) in [6.07, 6.45) is 3.29. The Balaban J connectivity index is 1.36. The van der Waals surface area contributed by atoms with Crippen LogP contribution >= 0.6 is 0 Å². The highest BCUT2D eigenvalue weighted by Crippen LogP contribution is 2.40. The van der Waals surface area contributed by atoms with E-state index in [1.807, 2.05) is 23.1 Å². The third-order valence-electron chi connectivity index (χ3n) is 4.77. The van der Waals surface area contributed by atoms with E-state index in [0.29, 0.717) is 26.1 Å². The molecule has 1 aromatic carbocycles. The zero-order valence-corrected chi connectivity index (χ0v) is 13.2. The first-order chi connectivity index (χ1) is 11.1. The molecule has 1 aliphatic heterocycles. The molecule has 5 nitrogen and oxygen atoms in total. The summed E-state index contributed by atoms with van der Waals surface area (Å²) >= 11 is 0. The van der Waals surface area contributed by atoms with Crippen molar-refractivity contribution in [1.82, 2.24) is 4.90 Å². The number of likely N-dealkylation sites (tertiary alicyclic amines) is 1. The molecule has 3 rings (SSSR count). The highest BCUT2D eigenvalue weighted by atomic mass is 16.5. The van der Waals surface area contributed by atoms with E-state index >= 15 is 0 Å². The van der Waals surface area contributed by atoms with E-state index in [1.165, 1.54) is 5.56 Å². The molecule has 1 aromatic rings. The molecule has 2 fully saturated rings. The molecule has 124 valence electrons. The number of aliphatic carboxylic acids is 1. The average Bonchev–Trinajstić information content (AvgIpc) is 3.37. The molecule has 23 heavy (non-hydrogen) atoms. The highest BCUT2D eigenvalue weighted by molar-refractivity contribution is 5.89. The fourth-order valence-corrected chi connectivity index (χ4v) is 3.21. The van der Waals surface area contributed by atoms with E-state index in [9.17, 15) is 9.59 Å². The van der Waals surface area contributed by atoms with Crippen molar-refractivity contribution in [1.29, 1.82) is 0 Å². The summed E-state index contributed by atoms with van der Waals surface area (Å²) in [5.41, 5.74) is 1.27. The fraction of sp³-hybridized carbons (Fsp3) is 0.556. The van der Waals surface area contributed by atoms with E-state index in [0.717, 1.165) is 19.3 Å². The molecule has 1 N–H and O–H groups in total. The van der Waals surface area contributed by atoms with Crippen molar-refractivity contribution in [2.75, 3.05) is 19.7 Å². The zero-order chi connectivity index (χ0) is 16.2. The topological polar surface area (TPSA) is 66.8 Å². The van der Waals surface area contributed by atoms with Crippen LogP contribution in [0.3, 0.4) is 0 Å². The van der Waals surface area contributed by atoms with Crippen LogP contribution in [0.15, 0.2) is 30.3 Å². The van der Waals surface area contributed by atoms with Crippen molar-refractivity contribution in [2.24, 2.45) is 11.8 Å². The number of carboxylic acids is 1. The lowest BCUT2D eigenvalue weighted by Crippen LogP contribution is -2.42. The van der Waals surface area contributed by atoms with Crippen LogP contribution < -0.4 is 0 Å². The SMILES string of the molecule is O=C(O)[C@@H]1C[C@@H]1C(=O)N1CCC(OCCc2ccccc2)CC1. The van der Waals surface area contributed by atoms with Crippen LogP contribution in [0.1, 0.15) is 24.8 Å². The second-order valence-corrected chi connectivity index (χ2v) is 6.42. The number of ether oxygens (including phenoxy) is 1. The Bertz CT molecular complexity index is 551. The molecule has 1 heterocycles. The van der Waals surface area contributed by atoms with Crippen LogP contribution in [-0.2, 0) is 20.7 Å². The molecule has 1 saturated heterocycles. The van der Waals surface area contributed by atoms with E-state index in [2.05, 4.69) is 12.1 Å². The second-order valence-electron chi connectivity index (χ2n) is 6.42.